The standard InChI is InChI=1S/C65H40N2O2.C2H6/c1-5-18-42(19-6-1)48-27-15-29-50-52-26-13-14-32-58(64(52)68-62(48)50)66(46-22-9-3-10-23-46)56-40-36-44-35-39-55-57(41-37-45-34-38-54(56)60(44)61(45)55)67(47-24-11-4-12-25-47)59-33-17-31-53-51-30-16-28-49(63(51)69-65(53)59)43-20-7-2-8-21-43;1-2/h1-25,27-41H;1-2H3. The van der Waals surface area contributed by atoms with Gasteiger partial charge in [-0.15, -0.1) is 5.73 Å². The molecular formula is C67H46N2O2. The lowest BCUT2D eigenvalue weighted by Gasteiger charge is -2.29. The first-order valence-corrected chi connectivity index (χ1v) is 24.4. The molecule has 1 aliphatic rings. The van der Waals surface area contributed by atoms with Crippen LogP contribution in [-0.4, -0.2) is 0 Å². The van der Waals surface area contributed by atoms with Crippen molar-refractivity contribution in [3.05, 3.63) is 253 Å². The molecule has 0 fully saturated rings. The summed E-state index contributed by atoms with van der Waals surface area (Å²) in [6.45, 7) is 4.00. The van der Waals surface area contributed by atoms with Gasteiger partial charge in [0.1, 0.15) is 11.2 Å². The predicted octanol–water partition coefficient (Wildman–Crippen LogP) is 17.5. The Balaban J connectivity index is 0.00000243. The summed E-state index contributed by atoms with van der Waals surface area (Å²) in [5.74, 6) is 0. The Morgan fingerprint density at radius 3 is 1.44 bits per heavy atom. The van der Waals surface area contributed by atoms with Gasteiger partial charge in [0.2, 0.25) is 0 Å². The fraction of sp³-hybridized carbons (Fsp3) is 0.0299. The molecule has 0 spiro atoms. The summed E-state index contributed by atoms with van der Waals surface area (Å²) in [5, 5.41) is 11.2. The first-order chi connectivity index (χ1) is 35.3. The van der Waals surface area contributed by atoms with Gasteiger partial charge in [0.25, 0.3) is 0 Å². The van der Waals surface area contributed by atoms with Gasteiger partial charge in [-0.3, -0.25) is 0 Å². The summed E-state index contributed by atoms with van der Waals surface area (Å²) >= 11 is 0. The van der Waals surface area contributed by atoms with Gasteiger partial charge in [-0.25, -0.2) is 0 Å². The van der Waals surface area contributed by atoms with E-state index in [0.717, 1.165) is 111 Å². The van der Waals surface area contributed by atoms with Gasteiger partial charge >= 0.3 is 0 Å². The second-order valence-electron chi connectivity index (χ2n) is 17.6. The molecule has 0 saturated heterocycles. The Labute approximate surface area is 411 Å². The van der Waals surface area contributed by atoms with E-state index in [0.29, 0.717) is 0 Å². The Kier molecular flexibility index (Phi) is 10.2. The number of nitrogens with zero attached hydrogens (tertiary/aromatic N) is 2. The van der Waals surface area contributed by atoms with Gasteiger partial charge in [-0.05, 0) is 93.4 Å². The van der Waals surface area contributed by atoms with E-state index in [4.69, 9.17) is 8.83 Å². The second-order valence-corrected chi connectivity index (χ2v) is 17.6. The van der Waals surface area contributed by atoms with Gasteiger partial charge in [-0.2, -0.15) is 0 Å². The molecule has 1 aliphatic carbocycles. The van der Waals surface area contributed by atoms with Crippen LogP contribution in [0, 0.1) is 0 Å². The van der Waals surface area contributed by atoms with E-state index in [1.165, 1.54) is 21.5 Å². The van der Waals surface area contributed by atoms with Crippen LogP contribution >= 0.6 is 0 Å². The fourth-order valence-electron chi connectivity index (χ4n) is 10.8. The van der Waals surface area contributed by atoms with Crippen LogP contribution in [0.15, 0.2) is 252 Å². The van der Waals surface area contributed by atoms with Crippen LogP contribution in [0.3, 0.4) is 0 Å². The van der Waals surface area contributed by atoms with Crippen molar-refractivity contribution < 1.29 is 8.83 Å². The Bertz CT molecular complexity index is 4340. The van der Waals surface area contributed by atoms with Gasteiger partial charge in [0.15, 0.2) is 11.0 Å². The second kappa shape index (κ2) is 17.3. The van der Waals surface area contributed by atoms with Crippen molar-refractivity contribution >= 4 is 105 Å². The van der Waals surface area contributed by atoms with Crippen molar-refractivity contribution in [2.24, 2.45) is 0 Å². The molecule has 4 nitrogen and oxygen atoms in total. The molecule has 0 N–H and O–H groups in total. The summed E-state index contributed by atoms with van der Waals surface area (Å²) in [6, 6.07) is 79.9. The molecule has 2 heterocycles. The highest BCUT2D eigenvalue weighted by Gasteiger charge is 2.26. The molecule has 0 saturated carbocycles. The van der Waals surface area contributed by atoms with E-state index in [-0.39, 0.29) is 0 Å². The minimum Gasteiger partial charge on any atom is -0.453 e. The van der Waals surface area contributed by atoms with Gasteiger partial charge in [0, 0.05) is 49.4 Å². The van der Waals surface area contributed by atoms with Gasteiger partial charge < -0.3 is 18.6 Å². The zero-order valence-electron chi connectivity index (χ0n) is 39.3. The summed E-state index contributed by atoms with van der Waals surface area (Å²) < 4.78 is 14.2. The number of hydrogen-bond donors (Lipinski definition) is 0. The van der Waals surface area contributed by atoms with E-state index < -0.39 is 0 Å². The monoisotopic (exact) mass is 910 g/mol. The molecule has 0 amide bonds. The van der Waals surface area contributed by atoms with E-state index in [1.807, 2.05) is 26.0 Å². The average molecular weight is 911 g/mol. The summed E-state index contributed by atoms with van der Waals surface area (Å²) in [4.78, 5) is 4.73. The number of allylic oxidation sites excluding steroid dienone is 2. The van der Waals surface area contributed by atoms with Crippen molar-refractivity contribution in [1.82, 2.24) is 0 Å². The quantitative estimate of drug-likeness (QED) is 0.142. The molecule has 336 valence electrons. The van der Waals surface area contributed by atoms with Crippen molar-refractivity contribution in [3.8, 4) is 22.3 Å². The number of hydrogen-bond acceptors (Lipinski definition) is 4. The van der Waals surface area contributed by atoms with Crippen molar-refractivity contribution in [2.45, 2.75) is 13.8 Å². The van der Waals surface area contributed by atoms with Crippen molar-refractivity contribution in [2.75, 3.05) is 9.80 Å². The molecule has 13 aromatic rings. The molecule has 0 radical (unpaired) electrons. The van der Waals surface area contributed by atoms with E-state index in [9.17, 15) is 0 Å². The lowest BCUT2D eigenvalue weighted by atomic mass is 9.91. The molecule has 0 bridgehead atoms. The third-order valence-corrected chi connectivity index (χ3v) is 13.8. The Hall–Kier alpha value is -9.34. The number of para-hydroxylation sites is 5. The van der Waals surface area contributed by atoms with Crippen LogP contribution in [0.4, 0.5) is 28.4 Å². The molecule has 71 heavy (non-hydrogen) atoms. The smallest absolute Gasteiger partial charge is 0.167 e. The highest BCUT2D eigenvalue weighted by Crippen LogP contribution is 2.49. The Morgan fingerprint density at radius 1 is 0.366 bits per heavy atom. The van der Waals surface area contributed by atoms with Crippen molar-refractivity contribution in [1.29, 1.82) is 0 Å². The van der Waals surface area contributed by atoms with Crippen LogP contribution in [0.1, 0.15) is 13.8 Å². The minimum atomic E-state index is 0.768. The molecule has 0 aliphatic heterocycles. The number of fused-ring (bicyclic) bond motifs is 6. The third-order valence-electron chi connectivity index (χ3n) is 13.8. The fourth-order valence-corrected chi connectivity index (χ4v) is 10.8. The largest absolute Gasteiger partial charge is 0.453 e. The lowest BCUT2D eigenvalue weighted by Crippen LogP contribution is -2.29. The summed E-state index contributed by atoms with van der Waals surface area (Å²) in [6.07, 6.45) is 6.22. The number of furan rings is 2. The number of anilines is 5. The first-order valence-electron chi connectivity index (χ1n) is 24.4. The maximum Gasteiger partial charge on any atom is 0.167 e. The first kappa shape index (κ1) is 41.8. The normalized spacial score (nSPS) is 12.1. The van der Waals surface area contributed by atoms with E-state index >= 15 is 0 Å². The maximum absolute atomic E-state index is 7.10. The van der Waals surface area contributed by atoms with E-state index in [2.05, 4.69) is 246 Å². The predicted molar refractivity (Wildman–Crippen MR) is 299 cm³/mol. The highest BCUT2D eigenvalue weighted by atomic mass is 16.3. The SMILES string of the molecule is C1=CC=CC(N(c2ccccc2)c2ccc3ccc4c(N(c5ccccc5)c5cccc6c5oc5c(-c7ccccc7)cccc56)ccc5ccc2c3c54)=c2oc3c(-c4ccccc4)cccc3c2=1.CC. The highest BCUT2D eigenvalue weighted by molar-refractivity contribution is 6.28. The molecule has 4 heteroatoms. The van der Waals surface area contributed by atoms with Crippen LogP contribution in [0.25, 0.3) is 98.9 Å². The third kappa shape index (κ3) is 6.76. The summed E-state index contributed by atoms with van der Waals surface area (Å²) in [7, 11) is 0. The molecule has 0 unspecified atom stereocenters. The summed E-state index contributed by atoms with van der Waals surface area (Å²) in [5.41, 5.74) is 17.4. The molecule has 11 aromatic carbocycles. The van der Waals surface area contributed by atoms with Gasteiger partial charge in [-0.1, -0.05) is 196 Å². The molecule has 2 aromatic heterocycles. The number of rotatable bonds is 8. The Morgan fingerprint density at radius 2 is 0.845 bits per heavy atom. The molecular weight excluding hydrogens is 865 g/mol. The lowest BCUT2D eigenvalue weighted by molar-refractivity contribution is 0.573. The average Bonchev–Trinajstić information content (AvgIpc) is 3.95. The topological polar surface area (TPSA) is 32.8 Å². The zero-order valence-corrected chi connectivity index (χ0v) is 39.3. The van der Waals surface area contributed by atoms with E-state index in [1.54, 1.807) is 0 Å². The van der Waals surface area contributed by atoms with Crippen LogP contribution in [0.5, 0.6) is 0 Å². The van der Waals surface area contributed by atoms with Crippen LogP contribution in [-0.2, 0) is 0 Å². The van der Waals surface area contributed by atoms with Crippen molar-refractivity contribution in [3.63, 3.8) is 0 Å². The molecule has 0 atom stereocenters. The maximum atomic E-state index is 7.10. The molecule has 14 rings (SSSR count). The minimum absolute atomic E-state index is 0.768. The number of benzene rings is 11. The van der Waals surface area contributed by atoms with Gasteiger partial charge in [0.05, 0.1) is 28.0 Å². The zero-order chi connectivity index (χ0) is 47.4. The van der Waals surface area contributed by atoms with Crippen LogP contribution < -0.4 is 20.4 Å². The van der Waals surface area contributed by atoms with Crippen LogP contribution in [0.2, 0.25) is 0 Å².